The van der Waals surface area contributed by atoms with Gasteiger partial charge in [-0.1, -0.05) is 37.6 Å². The van der Waals surface area contributed by atoms with Crippen molar-refractivity contribution in [3.8, 4) is 0 Å². The molecule has 1 aliphatic rings. The van der Waals surface area contributed by atoms with Crippen LogP contribution in [0.15, 0.2) is 24.3 Å². The minimum Gasteiger partial charge on any atom is -0.322 e. The fourth-order valence-corrected chi connectivity index (χ4v) is 2.46. The van der Waals surface area contributed by atoms with Gasteiger partial charge in [0.2, 0.25) is 5.91 Å². The second kappa shape index (κ2) is 5.93. The van der Waals surface area contributed by atoms with Crippen molar-refractivity contribution in [2.24, 2.45) is 5.92 Å². The first-order chi connectivity index (χ1) is 8.99. The predicted molar refractivity (Wildman–Crippen MR) is 78.0 cm³/mol. The average Bonchev–Trinajstić information content (AvgIpc) is 2.64. The van der Waals surface area contributed by atoms with Gasteiger partial charge >= 0.3 is 0 Å². The van der Waals surface area contributed by atoms with Gasteiger partial charge in [-0.25, -0.2) is 0 Å². The molecule has 0 aromatic heterocycles. The second-order valence-corrected chi connectivity index (χ2v) is 5.99. The van der Waals surface area contributed by atoms with Crippen molar-refractivity contribution in [2.45, 2.75) is 39.4 Å². The molecular formula is C15H21ClN2O. The van der Waals surface area contributed by atoms with Crippen LogP contribution in [0.5, 0.6) is 0 Å². The normalized spacial score (nSPS) is 23.4. The summed E-state index contributed by atoms with van der Waals surface area (Å²) in [6.45, 7) is 7.06. The monoisotopic (exact) mass is 280 g/mol. The molecular weight excluding hydrogens is 260 g/mol. The summed E-state index contributed by atoms with van der Waals surface area (Å²) < 4.78 is 0. The number of benzene rings is 1. The summed E-state index contributed by atoms with van der Waals surface area (Å²) in [6.07, 6.45) is 0.989. The van der Waals surface area contributed by atoms with Gasteiger partial charge < -0.3 is 4.90 Å². The molecule has 19 heavy (non-hydrogen) atoms. The summed E-state index contributed by atoms with van der Waals surface area (Å²) >= 11 is 5.91. The third kappa shape index (κ3) is 3.28. The lowest BCUT2D eigenvalue weighted by Crippen LogP contribution is -2.32. The number of carbonyl (C=O) groups excluding carboxylic acids is 1. The van der Waals surface area contributed by atoms with E-state index in [1.54, 1.807) is 0 Å². The van der Waals surface area contributed by atoms with Crippen LogP contribution < -0.4 is 5.32 Å². The van der Waals surface area contributed by atoms with Crippen LogP contribution in [0.2, 0.25) is 5.02 Å². The highest BCUT2D eigenvalue weighted by atomic mass is 35.5. The van der Waals surface area contributed by atoms with Crippen molar-refractivity contribution in [3.05, 3.63) is 34.9 Å². The highest BCUT2D eigenvalue weighted by Gasteiger charge is 2.36. The quantitative estimate of drug-likeness (QED) is 0.919. The maximum atomic E-state index is 12.2. The Kier molecular flexibility index (Phi) is 4.48. The van der Waals surface area contributed by atoms with Gasteiger partial charge in [-0.15, -0.1) is 0 Å². The predicted octanol–water partition coefficient (Wildman–Crippen LogP) is 3.21. The molecule has 0 aliphatic carbocycles. The summed E-state index contributed by atoms with van der Waals surface area (Å²) in [5.41, 5.74) is 1.09. The summed E-state index contributed by atoms with van der Waals surface area (Å²) in [6, 6.07) is 7.58. The van der Waals surface area contributed by atoms with E-state index < -0.39 is 0 Å². The lowest BCUT2D eigenvalue weighted by atomic mass is 10.1. The second-order valence-electron chi connectivity index (χ2n) is 5.56. The van der Waals surface area contributed by atoms with Gasteiger partial charge in [0.15, 0.2) is 0 Å². The van der Waals surface area contributed by atoms with E-state index in [0.717, 1.165) is 23.6 Å². The third-order valence-electron chi connectivity index (χ3n) is 3.51. The highest BCUT2D eigenvalue weighted by Crippen LogP contribution is 2.27. The first-order valence-corrected chi connectivity index (χ1v) is 7.19. The molecule has 0 radical (unpaired) electrons. The standard InChI is InChI=1S/C15H21ClN2O/c1-10(2)8-9-18-14(17-11(3)15(18)19)12-4-6-13(16)7-5-12/h4-7,10-11,14,17H,8-9H2,1-3H3. The third-order valence-corrected chi connectivity index (χ3v) is 3.76. The fourth-order valence-electron chi connectivity index (χ4n) is 2.33. The van der Waals surface area contributed by atoms with Crippen LogP contribution in [-0.2, 0) is 4.79 Å². The van der Waals surface area contributed by atoms with Crippen molar-refractivity contribution in [1.82, 2.24) is 10.2 Å². The Balaban J connectivity index is 2.17. The summed E-state index contributed by atoms with van der Waals surface area (Å²) in [5.74, 6) is 0.773. The zero-order chi connectivity index (χ0) is 14.0. The molecule has 104 valence electrons. The minimum atomic E-state index is -0.118. The van der Waals surface area contributed by atoms with E-state index in [2.05, 4.69) is 19.2 Å². The van der Waals surface area contributed by atoms with Gasteiger partial charge in [-0.2, -0.15) is 0 Å². The maximum absolute atomic E-state index is 12.2. The number of nitrogens with zero attached hydrogens (tertiary/aromatic N) is 1. The number of rotatable bonds is 4. The van der Waals surface area contributed by atoms with Crippen LogP contribution in [0.4, 0.5) is 0 Å². The Morgan fingerprint density at radius 3 is 2.53 bits per heavy atom. The molecule has 2 rings (SSSR count). The SMILES string of the molecule is CC(C)CCN1C(=O)C(C)NC1c1ccc(Cl)cc1. The first-order valence-electron chi connectivity index (χ1n) is 6.81. The van der Waals surface area contributed by atoms with E-state index in [1.807, 2.05) is 36.1 Å². The van der Waals surface area contributed by atoms with Crippen LogP contribution in [0, 0.1) is 5.92 Å². The van der Waals surface area contributed by atoms with Crippen LogP contribution in [0.25, 0.3) is 0 Å². The van der Waals surface area contributed by atoms with Gasteiger partial charge in [0.05, 0.1) is 6.04 Å². The van der Waals surface area contributed by atoms with Crippen molar-refractivity contribution >= 4 is 17.5 Å². The summed E-state index contributed by atoms with van der Waals surface area (Å²) in [7, 11) is 0. The van der Waals surface area contributed by atoms with Crippen LogP contribution in [-0.4, -0.2) is 23.4 Å². The Morgan fingerprint density at radius 2 is 1.95 bits per heavy atom. The molecule has 2 atom stereocenters. The Hall–Kier alpha value is -1.06. The number of nitrogens with one attached hydrogen (secondary N) is 1. The molecule has 4 heteroatoms. The van der Waals surface area contributed by atoms with Crippen LogP contribution >= 0.6 is 11.6 Å². The molecule has 1 aliphatic heterocycles. The molecule has 0 saturated carbocycles. The van der Waals surface area contributed by atoms with E-state index >= 15 is 0 Å². The lowest BCUT2D eigenvalue weighted by Gasteiger charge is -2.25. The Labute approximate surface area is 119 Å². The van der Waals surface area contributed by atoms with E-state index in [-0.39, 0.29) is 18.1 Å². The smallest absolute Gasteiger partial charge is 0.241 e. The molecule has 1 saturated heterocycles. The Bertz CT molecular complexity index is 444. The van der Waals surface area contributed by atoms with Gasteiger partial charge in [-0.05, 0) is 37.0 Å². The largest absolute Gasteiger partial charge is 0.322 e. The zero-order valence-electron chi connectivity index (χ0n) is 11.7. The molecule has 1 N–H and O–H groups in total. The number of hydrogen-bond donors (Lipinski definition) is 1. The molecule has 3 nitrogen and oxygen atoms in total. The van der Waals surface area contributed by atoms with Gasteiger partial charge in [-0.3, -0.25) is 10.1 Å². The fraction of sp³-hybridized carbons (Fsp3) is 0.533. The molecule has 1 aromatic carbocycles. The molecule has 0 bridgehead atoms. The maximum Gasteiger partial charge on any atom is 0.241 e. The van der Waals surface area contributed by atoms with Crippen LogP contribution in [0.3, 0.4) is 0 Å². The van der Waals surface area contributed by atoms with Crippen molar-refractivity contribution in [3.63, 3.8) is 0 Å². The Morgan fingerprint density at radius 1 is 1.32 bits per heavy atom. The molecule has 1 aromatic rings. The van der Waals surface area contributed by atoms with E-state index in [1.165, 1.54) is 0 Å². The van der Waals surface area contributed by atoms with Gasteiger partial charge in [0.25, 0.3) is 0 Å². The molecule has 1 fully saturated rings. The zero-order valence-corrected chi connectivity index (χ0v) is 12.4. The van der Waals surface area contributed by atoms with Crippen molar-refractivity contribution in [2.75, 3.05) is 6.54 Å². The van der Waals surface area contributed by atoms with E-state index in [4.69, 9.17) is 11.6 Å². The average molecular weight is 281 g/mol. The molecule has 0 spiro atoms. The van der Waals surface area contributed by atoms with E-state index in [9.17, 15) is 4.79 Å². The number of halogens is 1. The lowest BCUT2D eigenvalue weighted by molar-refractivity contribution is -0.130. The van der Waals surface area contributed by atoms with E-state index in [0.29, 0.717) is 5.92 Å². The molecule has 2 unspecified atom stereocenters. The topological polar surface area (TPSA) is 32.3 Å². The van der Waals surface area contributed by atoms with Gasteiger partial charge in [0.1, 0.15) is 6.17 Å². The van der Waals surface area contributed by atoms with Gasteiger partial charge in [0, 0.05) is 11.6 Å². The van der Waals surface area contributed by atoms with Crippen molar-refractivity contribution in [1.29, 1.82) is 0 Å². The minimum absolute atomic E-state index is 0.0292. The summed E-state index contributed by atoms with van der Waals surface area (Å²) in [5, 5.41) is 4.06. The highest BCUT2D eigenvalue weighted by molar-refractivity contribution is 6.30. The van der Waals surface area contributed by atoms with Crippen LogP contribution in [0.1, 0.15) is 38.9 Å². The molecule has 1 heterocycles. The first kappa shape index (κ1) is 14.4. The molecule has 1 amide bonds. The number of amides is 1. The van der Waals surface area contributed by atoms with Crippen molar-refractivity contribution < 1.29 is 4.79 Å². The number of hydrogen-bond acceptors (Lipinski definition) is 2. The summed E-state index contributed by atoms with van der Waals surface area (Å²) in [4.78, 5) is 14.1. The number of carbonyl (C=O) groups is 1.